The fourth-order valence-electron chi connectivity index (χ4n) is 4.53. The molecule has 0 saturated carbocycles. The largest absolute Gasteiger partial charge is 0.507 e. The average molecular weight is 523 g/mol. The van der Waals surface area contributed by atoms with Gasteiger partial charge in [-0.1, -0.05) is 6.07 Å². The number of ketones is 1. The number of aliphatic hydroxyl groups excluding tert-OH is 1. The second kappa shape index (κ2) is 10.0. The number of ether oxygens (including phenoxy) is 4. The summed E-state index contributed by atoms with van der Waals surface area (Å²) in [5.41, 5.74) is 0.272. The fourth-order valence-corrected chi connectivity index (χ4v) is 4.53. The summed E-state index contributed by atoms with van der Waals surface area (Å²) in [4.78, 5) is 27.7. The van der Waals surface area contributed by atoms with Crippen LogP contribution in [0.3, 0.4) is 0 Å². The third kappa shape index (κ3) is 4.27. The molecule has 2 aliphatic heterocycles. The minimum Gasteiger partial charge on any atom is -0.507 e. The molecule has 8 nitrogen and oxygen atoms in total. The third-order valence-electron chi connectivity index (χ3n) is 6.24. The fraction of sp³-hybridized carbons (Fsp3) is 0.214. The van der Waals surface area contributed by atoms with Crippen molar-refractivity contribution in [1.29, 1.82) is 0 Å². The highest BCUT2D eigenvalue weighted by Crippen LogP contribution is 2.45. The van der Waals surface area contributed by atoms with E-state index in [1.807, 2.05) is 0 Å². The lowest BCUT2D eigenvalue weighted by molar-refractivity contribution is -0.132. The van der Waals surface area contributed by atoms with Gasteiger partial charge in [0, 0.05) is 17.3 Å². The summed E-state index contributed by atoms with van der Waals surface area (Å²) >= 11 is 0. The van der Waals surface area contributed by atoms with E-state index in [-0.39, 0.29) is 16.8 Å². The molecule has 0 radical (unpaired) electrons. The van der Waals surface area contributed by atoms with Crippen molar-refractivity contribution in [3.63, 3.8) is 0 Å². The predicted molar refractivity (Wildman–Crippen MR) is 133 cm³/mol. The Balaban J connectivity index is 1.72. The van der Waals surface area contributed by atoms with Gasteiger partial charge >= 0.3 is 0 Å². The Morgan fingerprint density at radius 3 is 2.45 bits per heavy atom. The van der Waals surface area contributed by atoms with Crippen LogP contribution in [0.25, 0.3) is 5.76 Å². The summed E-state index contributed by atoms with van der Waals surface area (Å²) in [5.74, 6) is -3.20. The second-order valence-electron chi connectivity index (χ2n) is 8.47. The van der Waals surface area contributed by atoms with Gasteiger partial charge in [-0.3, -0.25) is 14.5 Å². The molecule has 1 fully saturated rings. The molecular weight excluding hydrogens is 500 g/mol. The molecule has 1 unspecified atom stereocenters. The number of hydrogen-bond acceptors (Lipinski definition) is 7. The molecule has 3 aromatic rings. The van der Waals surface area contributed by atoms with Gasteiger partial charge in [-0.2, -0.15) is 0 Å². The van der Waals surface area contributed by atoms with Crippen molar-refractivity contribution in [2.24, 2.45) is 0 Å². The van der Waals surface area contributed by atoms with E-state index in [1.54, 1.807) is 31.2 Å². The van der Waals surface area contributed by atoms with Crippen LogP contribution in [-0.4, -0.2) is 43.7 Å². The van der Waals surface area contributed by atoms with Gasteiger partial charge in [-0.15, -0.1) is 0 Å². The zero-order valence-electron chi connectivity index (χ0n) is 20.5. The number of aliphatic hydroxyl groups is 1. The number of anilines is 1. The van der Waals surface area contributed by atoms with E-state index in [2.05, 4.69) is 0 Å². The van der Waals surface area contributed by atoms with E-state index < -0.39 is 35.1 Å². The number of fused-ring (bicyclic) bond motifs is 1. The van der Waals surface area contributed by atoms with Crippen molar-refractivity contribution in [2.75, 3.05) is 31.8 Å². The van der Waals surface area contributed by atoms with E-state index >= 15 is 0 Å². The van der Waals surface area contributed by atoms with Gasteiger partial charge in [0.05, 0.1) is 25.3 Å². The number of benzene rings is 3. The van der Waals surface area contributed by atoms with E-state index in [1.165, 1.54) is 25.3 Å². The van der Waals surface area contributed by atoms with Gasteiger partial charge in [0.2, 0.25) is 0 Å². The lowest BCUT2D eigenvalue weighted by Crippen LogP contribution is -2.29. The van der Waals surface area contributed by atoms with Crippen molar-refractivity contribution in [1.82, 2.24) is 0 Å². The number of Topliss-reactive ketones (excluding diaryl/α,β-unsaturated/α-hetero) is 1. The Kier molecular flexibility index (Phi) is 6.62. The molecule has 5 rings (SSSR count). The van der Waals surface area contributed by atoms with Gasteiger partial charge in [0.25, 0.3) is 11.7 Å². The molecule has 0 aliphatic carbocycles. The summed E-state index contributed by atoms with van der Waals surface area (Å²) in [6.45, 7) is 2.77. The molecule has 0 aromatic heterocycles. The zero-order chi connectivity index (χ0) is 27.0. The minimum absolute atomic E-state index is 0.0639. The standard InChI is InChI=1S/C28H23F2NO7/c1-3-36-22-12-15(4-8-20(22)35-2)25-24(26(32)16-5-9-21-23(13-16)38-11-10-37-21)27(33)28(34)31(25)17-6-7-18(29)19(30)14-17/h4-9,12-14,25,32H,3,10-11H2,1-2H3/b26-24+. The van der Waals surface area contributed by atoms with Crippen LogP contribution in [0.2, 0.25) is 0 Å². The Morgan fingerprint density at radius 2 is 1.74 bits per heavy atom. The lowest BCUT2D eigenvalue weighted by atomic mass is 9.94. The molecule has 1 atom stereocenters. The lowest BCUT2D eigenvalue weighted by Gasteiger charge is -2.26. The first-order valence-corrected chi connectivity index (χ1v) is 11.8. The number of carbonyl (C=O) groups excluding carboxylic acids is 2. The summed E-state index contributed by atoms with van der Waals surface area (Å²) in [7, 11) is 1.47. The van der Waals surface area contributed by atoms with Crippen LogP contribution in [-0.2, 0) is 9.59 Å². The maximum Gasteiger partial charge on any atom is 0.300 e. The van der Waals surface area contributed by atoms with E-state index in [9.17, 15) is 23.5 Å². The number of amides is 1. The van der Waals surface area contributed by atoms with Crippen molar-refractivity contribution in [3.8, 4) is 23.0 Å². The molecule has 1 N–H and O–H groups in total. The van der Waals surface area contributed by atoms with Crippen LogP contribution in [0, 0.1) is 11.6 Å². The third-order valence-corrected chi connectivity index (χ3v) is 6.24. The summed E-state index contributed by atoms with van der Waals surface area (Å²) < 4.78 is 50.1. The van der Waals surface area contributed by atoms with E-state index in [0.717, 1.165) is 17.0 Å². The number of halogens is 2. The Labute approximate surface area is 216 Å². The predicted octanol–water partition coefficient (Wildman–Crippen LogP) is 4.77. The quantitative estimate of drug-likeness (QED) is 0.283. The number of rotatable bonds is 6. The summed E-state index contributed by atoms with van der Waals surface area (Å²) in [5, 5.41) is 11.4. The van der Waals surface area contributed by atoms with Crippen LogP contribution >= 0.6 is 0 Å². The van der Waals surface area contributed by atoms with Crippen LogP contribution in [0.1, 0.15) is 24.1 Å². The maximum absolute atomic E-state index is 14.2. The van der Waals surface area contributed by atoms with Gasteiger partial charge < -0.3 is 24.1 Å². The Morgan fingerprint density at radius 1 is 0.974 bits per heavy atom. The molecular formula is C28H23F2NO7. The van der Waals surface area contributed by atoms with Crippen LogP contribution in [0.15, 0.2) is 60.2 Å². The van der Waals surface area contributed by atoms with Crippen LogP contribution in [0.4, 0.5) is 14.5 Å². The monoisotopic (exact) mass is 523 g/mol. The van der Waals surface area contributed by atoms with Gasteiger partial charge in [0.15, 0.2) is 34.6 Å². The van der Waals surface area contributed by atoms with Gasteiger partial charge in [0.1, 0.15) is 19.0 Å². The number of methoxy groups -OCH3 is 1. The topological polar surface area (TPSA) is 94.5 Å². The normalized spacial score (nSPS) is 18.0. The molecule has 0 spiro atoms. The molecule has 2 aliphatic rings. The smallest absolute Gasteiger partial charge is 0.300 e. The highest BCUT2D eigenvalue weighted by molar-refractivity contribution is 6.51. The Hall–Kier alpha value is -4.60. The summed E-state index contributed by atoms with van der Waals surface area (Å²) in [6, 6.07) is 11.1. The number of carbonyl (C=O) groups is 2. The summed E-state index contributed by atoms with van der Waals surface area (Å²) in [6.07, 6.45) is 0. The molecule has 38 heavy (non-hydrogen) atoms. The maximum atomic E-state index is 14.2. The van der Waals surface area contributed by atoms with E-state index in [0.29, 0.717) is 48.4 Å². The molecule has 1 amide bonds. The molecule has 3 aromatic carbocycles. The molecule has 2 heterocycles. The van der Waals surface area contributed by atoms with Gasteiger partial charge in [-0.25, -0.2) is 8.78 Å². The number of nitrogens with zero attached hydrogens (tertiary/aromatic N) is 1. The van der Waals surface area contributed by atoms with E-state index in [4.69, 9.17) is 18.9 Å². The average Bonchev–Trinajstić information content (AvgIpc) is 3.19. The zero-order valence-corrected chi connectivity index (χ0v) is 20.5. The molecule has 10 heteroatoms. The first-order chi connectivity index (χ1) is 18.3. The van der Waals surface area contributed by atoms with Crippen molar-refractivity contribution >= 4 is 23.1 Å². The SMILES string of the molecule is CCOc1cc(C2/C(=C(\O)c3ccc4c(c3)OCCO4)C(=O)C(=O)N2c2ccc(F)c(F)c2)ccc1OC. The second-order valence-corrected chi connectivity index (χ2v) is 8.47. The highest BCUT2D eigenvalue weighted by atomic mass is 19.2. The molecule has 1 saturated heterocycles. The minimum atomic E-state index is -1.20. The van der Waals surface area contributed by atoms with Gasteiger partial charge in [-0.05, 0) is 55.0 Å². The Bertz CT molecular complexity index is 1470. The van der Waals surface area contributed by atoms with Crippen LogP contribution in [0.5, 0.6) is 23.0 Å². The van der Waals surface area contributed by atoms with Crippen molar-refractivity contribution in [2.45, 2.75) is 13.0 Å². The van der Waals surface area contributed by atoms with Crippen molar-refractivity contribution < 1.29 is 42.4 Å². The molecule has 0 bridgehead atoms. The molecule has 196 valence electrons. The first kappa shape index (κ1) is 25.1. The van der Waals surface area contributed by atoms with Crippen LogP contribution < -0.4 is 23.8 Å². The van der Waals surface area contributed by atoms with Crippen molar-refractivity contribution in [3.05, 3.63) is 82.9 Å². The highest BCUT2D eigenvalue weighted by Gasteiger charge is 2.47. The first-order valence-electron chi connectivity index (χ1n) is 11.8. The number of hydrogen-bond donors (Lipinski definition) is 1.